The Morgan fingerprint density at radius 1 is 0.964 bits per heavy atom. The van der Waals surface area contributed by atoms with Crippen LogP contribution < -0.4 is 16.0 Å². The third kappa shape index (κ3) is 6.98. The topological polar surface area (TPSA) is 114 Å². The van der Waals surface area contributed by atoms with E-state index in [1.54, 1.807) is 27.7 Å². The van der Waals surface area contributed by atoms with Crippen molar-refractivity contribution in [2.75, 3.05) is 0 Å². The smallest absolute Gasteiger partial charge is 0.329 e. The van der Waals surface area contributed by atoms with Crippen LogP contribution in [0.15, 0.2) is 24.3 Å². The van der Waals surface area contributed by atoms with E-state index in [1.165, 1.54) is 25.1 Å². The Kier molecular flexibility index (Phi) is 8.56. The quantitative estimate of drug-likeness (QED) is 0.609. The van der Waals surface area contributed by atoms with Crippen molar-refractivity contribution in [3.63, 3.8) is 0 Å². The van der Waals surface area contributed by atoms with Crippen LogP contribution in [0.4, 0.5) is 9.18 Å². The van der Waals surface area contributed by atoms with Gasteiger partial charge in [0.25, 0.3) is 11.8 Å². The number of carbonyl (C=O) groups is 4. The van der Waals surface area contributed by atoms with Gasteiger partial charge < -0.3 is 15.4 Å². The normalized spacial score (nSPS) is 12.9. The molecule has 2 atom stereocenters. The minimum atomic E-state index is -1.27. The lowest BCUT2D eigenvalue weighted by atomic mass is 10.0. The van der Waals surface area contributed by atoms with Gasteiger partial charge in [0, 0.05) is 6.04 Å². The molecule has 28 heavy (non-hydrogen) atoms. The van der Waals surface area contributed by atoms with Crippen molar-refractivity contribution in [2.24, 2.45) is 5.92 Å². The molecular formula is C19H26FN3O5. The van der Waals surface area contributed by atoms with Crippen molar-refractivity contribution in [3.05, 3.63) is 35.6 Å². The minimum absolute atomic E-state index is 0.176. The molecule has 0 saturated heterocycles. The summed E-state index contributed by atoms with van der Waals surface area (Å²) in [5, 5.41) is 6.94. The highest BCUT2D eigenvalue weighted by molar-refractivity contribution is 5.99. The van der Waals surface area contributed by atoms with Crippen molar-refractivity contribution < 1.29 is 28.3 Å². The molecule has 4 amide bonds. The first-order chi connectivity index (χ1) is 13.0. The summed E-state index contributed by atoms with van der Waals surface area (Å²) in [6, 6.07) is 3.36. The maximum absolute atomic E-state index is 13.8. The Bertz CT molecular complexity index is 736. The van der Waals surface area contributed by atoms with Gasteiger partial charge >= 0.3 is 12.0 Å². The van der Waals surface area contributed by atoms with Crippen LogP contribution in [0.3, 0.4) is 0 Å². The molecule has 1 rings (SSSR count). The van der Waals surface area contributed by atoms with Crippen LogP contribution in [0.1, 0.15) is 45.0 Å². The molecule has 0 heterocycles. The van der Waals surface area contributed by atoms with E-state index in [9.17, 15) is 23.6 Å². The molecule has 8 nitrogen and oxygen atoms in total. The van der Waals surface area contributed by atoms with Crippen molar-refractivity contribution in [3.8, 4) is 0 Å². The fraction of sp³-hybridized carbons (Fsp3) is 0.474. The highest BCUT2D eigenvalue weighted by atomic mass is 19.1. The number of nitrogens with one attached hydrogen (secondary N) is 3. The number of amides is 4. The Balaban J connectivity index is 2.74. The van der Waals surface area contributed by atoms with Crippen LogP contribution in [0.2, 0.25) is 0 Å². The average molecular weight is 395 g/mol. The molecule has 0 bridgehead atoms. The molecule has 0 unspecified atom stereocenters. The second-order valence-corrected chi connectivity index (χ2v) is 6.87. The molecule has 1 aromatic rings. The second-order valence-electron chi connectivity index (χ2n) is 6.87. The molecule has 0 aromatic heterocycles. The highest BCUT2D eigenvalue weighted by Gasteiger charge is 2.30. The Hall–Kier alpha value is -2.97. The van der Waals surface area contributed by atoms with Crippen molar-refractivity contribution in [1.82, 2.24) is 16.0 Å². The number of rotatable bonds is 7. The fourth-order valence-corrected chi connectivity index (χ4v) is 2.17. The van der Waals surface area contributed by atoms with E-state index in [1.807, 2.05) is 0 Å². The minimum Gasteiger partial charge on any atom is -0.451 e. The first-order valence-electron chi connectivity index (χ1n) is 8.90. The summed E-state index contributed by atoms with van der Waals surface area (Å²) < 4.78 is 18.8. The van der Waals surface area contributed by atoms with E-state index < -0.39 is 41.8 Å². The van der Waals surface area contributed by atoms with Crippen molar-refractivity contribution in [1.29, 1.82) is 0 Å². The van der Waals surface area contributed by atoms with E-state index >= 15 is 0 Å². The average Bonchev–Trinajstić information content (AvgIpc) is 2.58. The van der Waals surface area contributed by atoms with Gasteiger partial charge in [-0.2, -0.15) is 0 Å². The van der Waals surface area contributed by atoms with Gasteiger partial charge in [-0.3, -0.25) is 14.9 Å². The van der Waals surface area contributed by atoms with Crippen LogP contribution in [0.25, 0.3) is 0 Å². The largest absolute Gasteiger partial charge is 0.451 e. The van der Waals surface area contributed by atoms with Gasteiger partial charge in [-0.1, -0.05) is 26.0 Å². The molecule has 0 radical (unpaired) electrons. The molecule has 1 aromatic carbocycles. The van der Waals surface area contributed by atoms with Gasteiger partial charge in [0.2, 0.25) is 0 Å². The third-order valence-corrected chi connectivity index (χ3v) is 3.64. The lowest BCUT2D eigenvalue weighted by Gasteiger charge is -2.23. The molecule has 0 spiro atoms. The number of ether oxygens (including phenoxy) is 1. The predicted octanol–water partition coefficient (Wildman–Crippen LogP) is 1.75. The number of hydrogen-bond acceptors (Lipinski definition) is 5. The molecule has 3 N–H and O–H groups in total. The van der Waals surface area contributed by atoms with E-state index in [-0.39, 0.29) is 17.5 Å². The summed E-state index contributed by atoms with van der Waals surface area (Å²) in [5.41, 5.74) is -0.211. The van der Waals surface area contributed by atoms with E-state index in [0.717, 1.165) is 6.07 Å². The van der Waals surface area contributed by atoms with Gasteiger partial charge in [-0.05, 0) is 38.8 Å². The fourth-order valence-electron chi connectivity index (χ4n) is 2.17. The number of halogens is 1. The van der Waals surface area contributed by atoms with Gasteiger partial charge in [-0.25, -0.2) is 14.0 Å². The van der Waals surface area contributed by atoms with Crippen LogP contribution >= 0.6 is 0 Å². The summed E-state index contributed by atoms with van der Waals surface area (Å²) in [6.07, 6.45) is -1.27. The monoisotopic (exact) mass is 395 g/mol. The number of carbonyl (C=O) groups excluding carboxylic acids is 4. The van der Waals surface area contributed by atoms with Crippen LogP contribution in [-0.4, -0.2) is 42.0 Å². The first kappa shape index (κ1) is 23.1. The standard InChI is InChI=1S/C19H26FN3O5/c1-10(2)15(22-17(25)13-8-6-7-9-14(13)20)18(26)28-12(5)16(24)23-19(27)21-11(3)4/h6-12,15H,1-5H3,(H,22,25)(H2,21,23,24,27)/t12-,15+/m1/s1. The molecule has 0 aliphatic heterocycles. The number of imide groups is 1. The van der Waals surface area contributed by atoms with Gasteiger partial charge in [0.1, 0.15) is 11.9 Å². The zero-order valence-corrected chi connectivity index (χ0v) is 16.5. The number of esters is 1. The Morgan fingerprint density at radius 3 is 2.11 bits per heavy atom. The predicted molar refractivity (Wildman–Crippen MR) is 99.9 cm³/mol. The maximum Gasteiger partial charge on any atom is 0.329 e. The van der Waals surface area contributed by atoms with Crippen molar-refractivity contribution in [2.45, 2.75) is 52.8 Å². The highest BCUT2D eigenvalue weighted by Crippen LogP contribution is 2.10. The van der Waals surface area contributed by atoms with Gasteiger partial charge in [0.05, 0.1) is 5.56 Å². The molecular weight excluding hydrogens is 369 g/mol. The number of hydrogen-bond donors (Lipinski definition) is 3. The number of benzene rings is 1. The lowest BCUT2D eigenvalue weighted by Crippen LogP contribution is -2.50. The SMILES string of the molecule is CC(C)NC(=O)NC(=O)[C@@H](C)OC(=O)[C@@H](NC(=O)c1ccccc1F)C(C)C. The first-order valence-corrected chi connectivity index (χ1v) is 8.90. The molecule has 9 heteroatoms. The van der Waals surface area contributed by atoms with E-state index in [0.29, 0.717) is 0 Å². The lowest BCUT2D eigenvalue weighted by molar-refractivity contribution is -0.157. The van der Waals surface area contributed by atoms with Crippen LogP contribution in [-0.2, 0) is 14.3 Å². The summed E-state index contributed by atoms with van der Waals surface area (Å²) >= 11 is 0. The van der Waals surface area contributed by atoms with Crippen LogP contribution in [0, 0.1) is 11.7 Å². The molecule has 0 fully saturated rings. The zero-order valence-electron chi connectivity index (χ0n) is 16.5. The second kappa shape index (κ2) is 10.4. The summed E-state index contributed by atoms with van der Waals surface area (Å²) in [7, 11) is 0. The zero-order chi connectivity index (χ0) is 21.4. The summed E-state index contributed by atoms with van der Waals surface area (Å²) in [5.74, 6) is -3.56. The molecule has 0 aliphatic carbocycles. The van der Waals surface area contributed by atoms with Gasteiger partial charge in [0.15, 0.2) is 6.10 Å². The Morgan fingerprint density at radius 2 is 1.57 bits per heavy atom. The van der Waals surface area contributed by atoms with Gasteiger partial charge in [-0.15, -0.1) is 0 Å². The number of urea groups is 1. The van der Waals surface area contributed by atoms with Crippen LogP contribution in [0.5, 0.6) is 0 Å². The summed E-state index contributed by atoms with van der Waals surface area (Å²) in [4.78, 5) is 48.2. The maximum atomic E-state index is 13.8. The van der Waals surface area contributed by atoms with E-state index in [4.69, 9.17) is 4.74 Å². The third-order valence-electron chi connectivity index (χ3n) is 3.64. The van der Waals surface area contributed by atoms with E-state index in [2.05, 4.69) is 16.0 Å². The van der Waals surface area contributed by atoms with Crippen molar-refractivity contribution >= 4 is 23.8 Å². The molecule has 0 aliphatic rings. The molecule has 154 valence electrons. The molecule has 0 saturated carbocycles. The summed E-state index contributed by atoms with van der Waals surface area (Å²) in [6.45, 7) is 8.06. The Labute approximate surface area is 163 Å².